The van der Waals surface area contributed by atoms with Crippen LogP contribution in [0.3, 0.4) is 0 Å². The lowest BCUT2D eigenvalue weighted by atomic mass is 9.99. The van der Waals surface area contributed by atoms with Crippen molar-refractivity contribution < 1.29 is 9.53 Å². The zero-order valence-electron chi connectivity index (χ0n) is 15.0. The van der Waals surface area contributed by atoms with Gasteiger partial charge in [0, 0.05) is 35.3 Å². The van der Waals surface area contributed by atoms with Gasteiger partial charge in [-0.15, -0.1) is 10.2 Å². The normalized spacial score (nSPS) is 10.7. The molecule has 3 aromatic rings. The number of aromatic nitrogens is 3. The summed E-state index contributed by atoms with van der Waals surface area (Å²) in [6.07, 6.45) is 2.57. The first-order valence-corrected chi connectivity index (χ1v) is 8.40. The Morgan fingerprint density at radius 2 is 2.08 bits per heavy atom. The highest BCUT2D eigenvalue weighted by Crippen LogP contribution is 2.32. The maximum Gasteiger partial charge on any atom is 0.273 e. The lowest BCUT2D eigenvalue weighted by Gasteiger charge is -2.12. The lowest BCUT2D eigenvalue weighted by Crippen LogP contribution is -2.26. The van der Waals surface area contributed by atoms with Gasteiger partial charge in [0.2, 0.25) is 5.88 Å². The molecule has 3 N–H and O–H groups in total. The van der Waals surface area contributed by atoms with E-state index in [1.54, 1.807) is 13.3 Å². The van der Waals surface area contributed by atoms with Crippen LogP contribution in [-0.2, 0) is 0 Å². The van der Waals surface area contributed by atoms with E-state index in [1.165, 1.54) is 0 Å². The molecule has 3 rings (SSSR count). The number of anilines is 1. The van der Waals surface area contributed by atoms with Gasteiger partial charge in [-0.05, 0) is 18.9 Å². The Balaban J connectivity index is 2.12. The quantitative estimate of drug-likeness (QED) is 0.732. The zero-order valence-corrected chi connectivity index (χ0v) is 15.0. The van der Waals surface area contributed by atoms with Crippen LogP contribution in [0.2, 0.25) is 0 Å². The number of aryl methyl sites for hydroxylation is 1. The van der Waals surface area contributed by atoms with Gasteiger partial charge in [-0.25, -0.2) is 4.98 Å². The maximum atomic E-state index is 12.2. The van der Waals surface area contributed by atoms with Crippen LogP contribution >= 0.6 is 0 Å². The molecule has 1 aromatic carbocycles. The molecule has 0 spiro atoms. The van der Waals surface area contributed by atoms with Crippen LogP contribution in [0.5, 0.6) is 5.88 Å². The summed E-state index contributed by atoms with van der Waals surface area (Å²) in [6, 6.07) is 7.51. The molecule has 26 heavy (non-hydrogen) atoms. The van der Waals surface area contributed by atoms with Crippen molar-refractivity contribution in [3.05, 3.63) is 41.7 Å². The van der Waals surface area contributed by atoms with E-state index in [9.17, 15) is 4.79 Å². The second-order valence-electron chi connectivity index (χ2n) is 5.96. The number of carbonyl (C=O) groups is 1. The summed E-state index contributed by atoms with van der Waals surface area (Å²) in [7, 11) is 1.58. The van der Waals surface area contributed by atoms with Gasteiger partial charge in [0.25, 0.3) is 5.91 Å². The second-order valence-corrected chi connectivity index (χ2v) is 5.96. The summed E-state index contributed by atoms with van der Waals surface area (Å²) in [5, 5.41) is 11.8. The van der Waals surface area contributed by atoms with Crippen molar-refractivity contribution in [2.45, 2.75) is 20.3 Å². The van der Waals surface area contributed by atoms with E-state index < -0.39 is 0 Å². The first-order valence-electron chi connectivity index (χ1n) is 8.40. The Morgan fingerprint density at radius 1 is 1.27 bits per heavy atom. The summed E-state index contributed by atoms with van der Waals surface area (Å²) in [4.78, 5) is 16.5. The molecule has 0 radical (unpaired) electrons. The molecular weight excluding hydrogens is 330 g/mol. The molecule has 2 aromatic heterocycles. The van der Waals surface area contributed by atoms with Crippen LogP contribution in [0, 0.1) is 6.92 Å². The topological polar surface area (TPSA) is 103 Å². The minimum Gasteiger partial charge on any atom is -0.481 e. The summed E-state index contributed by atoms with van der Waals surface area (Å²) >= 11 is 0. The van der Waals surface area contributed by atoms with Gasteiger partial charge < -0.3 is 15.8 Å². The minimum absolute atomic E-state index is 0.146. The molecule has 0 bridgehead atoms. The molecule has 7 nitrogen and oxygen atoms in total. The number of methoxy groups -OCH3 is 1. The number of pyridine rings is 1. The molecular formula is C19H21N5O2. The fourth-order valence-electron chi connectivity index (χ4n) is 2.78. The zero-order chi connectivity index (χ0) is 18.7. The van der Waals surface area contributed by atoms with E-state index >= 15 is 0 Å². The summed E-state index contributed by atoms with van der Waals surface area (Å²) in [5.74, 6) is 0.235. The molecule has 0 aliphatic carbocycles. The van der Waals surface area contributed by atoms with Crippen molar-refractivity contribution in [1.29, 1.82) is 0 Å². The van der Waals surface area contributed by atoms with Crippen molar-refractivity contribution in [3.8, 4) is 17.0 Å². The number of fused-ring (bicyclic) bond motifs is 1. The average molecular weight is 351 g/mol. The molecule has 7 heteroatoms. The van der Waals surface area contributed by atoms with Crippen molar-refractivity contribution >= 4 is 22.5 Å². The van der Waals surface area contributed by atoms with E-state index in [1.807, 2.05) is 38.1 Å². The fourth-order valence-corrected chi connectivity index (χ4v) is 2.78. The number of hydrogen-bond acceptors (Lipinski definition) is 6. The molecule has 0 saturated carbocycles. The third-order valence-electron chi connectivity index (χ3n) is 4.17. The Bertz CT molecular complexity index is 972. The second kappa shape index (κ2) is 7.35. The Labute approximate surface area is 151 Å². The first kappa shape index (κ1) is 17.6. The third-order valence-corrected chi connectivity index (χ3v) is 4.17. The van der Waals surface area contributed by atoms with Gasteiger partial charge in [0.15, 0.2) is 5.69 Å². The number of hydrogen-bond donors (Lipinski definition) is 2. The van der Waals surface area contributed by atoms with Gasteiger partial charge in [-0.3, -0.25) is 4.79 Å². The summed E-state index contributed by atoms with van der Waals surface area (Å²) < 4.78 is 5.16. The number of nitrogens with zero attached hydrogens (tertiary/aromatic N) is 3. The van der Waals surface area contributed by atoms with E-state index in [0.717, 1.165) is 23.1 Å². The van der Waals surface area contributed by atoms with E-state index in [-0.39, 0.29) is 11.6 Å². The number of nitrogens with one attached hydrogen (secondary N) is 1. The van der Waals surface area contributed by atoms with Gasteiger partial charge >= 0.3 is 0 Å². The van der Waals surface area contributed by atoms with E-state index in [0.29, 0.717) is 29.0 Å². The number of amides is 1. The molecule has 0 unspecified atom stereocenters. The standard InChI is InChI=1S/C19H21N5O2/c1-4-8-21-19(25)18-16(20)13-7-5-6-12(17(13)23-24-18)14-10-22-15(26-3)9-11(14)2/h5-7,9-10H,4,8H2,1-3H3,(H2,20,23)(H,21,25). The maximum absolute atomic E-state index is 12.2. The number of nitrogen functional groups attached to an aromatic ring is 1. The number of ether oxygens (including phenoxy) is 1. The number of rotatable bonds is 5. The van der Waals surface area contributed by atoms with Crippen LogP contribution in [0.15, 0.2) is 30.5 Å². The van der Waals surface area contributed by atoms with E-state index in [2.05, 4.69) is 20.5 Å². The van der Waals surface area contributed by atoms with Crippen LogP contribution in [-0.4, -0.2) is 34.7 Å². The first-order chi connectivity index (χ1) is 12.6. The predicted octanol–water partition coefficient (Wildman–Crippen LogP) is 2.73. The SMILES string of the molecule is CCCNC(=O)c1nnc2c(-c3cnc(OC)cc3C)cccc2c1N. The third kappa shape index (κ3) is 3.15. The Kier molecular flexibility index (Phi) is 4.97. The number of nitrogens with two attached hydrogens (primary N) is 1. The van der Waals surface area contributed by atoms with Gasteiger partial charge in [0.05, 0.1) is 12.8 Å². The Morgan fingerprint density at radius 3 is 2.77 bits per heavy atom. The van der Waals surface area contributed by atoms with Gasteiger partial charge in [-0.1, -0.05) is 25.1 Å². The Hall–Kier alpha value is -3.22. The molecule has 0 aliphatic rings. The summed E-state index contributed by atoms with van der Waals surface area (Å²) in [6.45, 7) is 4.52. The minimum atomic E-state index is -0.313. The number of benzene rings is 1. The van der Waals surface area contributed by atoms with Gasteiger partial charge in [0.1, 0.15) is 5.52 Å². The lowest BCUT2D eigenvalue weighted by molar-refractivity contribution is 0.0949. The molecule has 0 aliphatic heterocycles. The van der Waals surface area contributed by atoms with Crippen molar-refractivity contribution in [2.75, 3.05) is 19.4 Å². The highest BCUT2D eigenvalue weighted by Gasteiger charge is 2.17. The number of carbonyl (C=O) groups excluding carboxylic acids is 1. The highest BCUT2D eigenvalue weighted by atomic mass is 16.5. The molecule has 134 valence electrons. The molecule has 2 heterocycles. The largest absolute Gasteiger partial charge is 0.481 e. The van der Waals surface area contributed by atoms with Crippen molar-refractivity contribution in [2.24, 2.45) is 0 Å². The average Bonchev–Trinajstić information content (AvgIpc) is 2.66. The smallest absolute Gasteiger partial charge is 0.273 e. The van der Waals surface area contributed by atoms with Crippen LogP contribution < -0.4 is 15.8 Å². The van der Waals surface area contributed by atoms with Crippen LogP contribution in [0.4, 0.5) is 5.69 Å². The van der Waals surface area contributed by atoms with Crippen molar-refractivity contribution in [1.82, 2.24) is 20.5 Å². The van der Waals surface area contributed by atoms with E-state index in [4.69, 9.17) is 10.5 Å². The highest BCUT2D eigenvalue weighted by molar-refractivity contribution is 6.07. The van der Waals surface area contributed by atoms with Crippen LogP contribution in [0.25, 0.3) is 22.0 Å². The van der Waals surface area contributed by atoms with Gasteiger partial charge in [-0.2, -0.15) is 0 Å². The molecule has 0 saturated heterocycles. The van der Waals surface area contributed by atoms with Crippen LogP contribution in [0.1, 0.15) is 29.4 Å². The molecule has 1 amide bonds. The molecule has 0 atom stereocenters. The fraction of sp³-hybridized carbons (Fsp3) is 0.263. The van der Waals surface area contributed by atoms with Crippen molar-refractivity contribution in [3.63, 3.8) is 0 Å². The predicted molar refractivity (Wildman–Crippen MR) is 101 cm³/mol. The monoisotopic (exact) mass is 351 g/mol. The summed E-state index contributed by atoms with van der Waals surface area (Å²) in [5.41, 5.74) is 10.1. The molecule has 0 fully saturated rings.